The van der Waals surface area contributed by atoms with Crippen molar-refractivity contribution in [1.29, 1.82) is 0 Å². The van der Waals surface area contributed by atoms with E-state index in [1.54, 1.807) is 0 Å². The van der Waals surface area contributed by atoms with Crippen LogP contribution < -0.4 is 0 Å². The number of hydrogen-bond acceptors (Lipinski definition) is 4. The molecule has 0 saturated carbocycles. The summed E-state index contributed by atoms with van der Waals surface area (Å²) >= 11 is 0. The Morgan fingerprint density at radius 2 is 2.25 bits per heavy atom. The summed E-state index contributed by atoms with van der Waals surface area (Å²) < 4.78 is 4.92. The van der Waals surface area contributed by atoms with Gasteiger partial charge in [0.1, 0.15) is 5.54 Å². The lowest BCUT2D eigenvalue weighted by Gasteiger charge is -2.32. The first-order chi connectivity index (χ1) is 9.60. The molecule has 20 heavy (non-hydrogen) atoms. The number of carbonyl (C=O) groups excluding carboxylic acids is 1. The fourth-order valence-electron chi connectivity index (χ4n) is 2.73. The maximum absolute atomic E-state index is 12.1. The molecule has 1 aliphatic heterocycles. The molecule has 6 heteroatoms. The summed E-state index contributed by atoms with van der Waals surface area (Å²) in [6, 6.07) is 9.71. The van der Waals surface area contributed by atoms with Crippen LogP contribution in [0, 0.1) is 0 Å². The number of carbonyl (C=O) groups is 1. The highest BCUT2D eigenvalue weighted by atomic mass is 16.5. The minimum absolute atomic E-state index is 0.201. The molecule has 1 fully saturated rings. The van der Waals surface area contributed by atoms with Crippen molar-refractivity contribution in [3.05, 3.63) is 46.3 Å². The first-order valence-corrected chi connectivity index (χ1v) is 6.52. The standard InChI is InChI=1S/C14H18N4O2/c1-14(13(19)20-2)8-12(16-17-15)10-18(14)9-11-6-4-3-5-7-11/h3-7,12H,8-10H2,1-2H3/t12?,14-/m1/s1. The van der Waals surface area contributed by atoms with Gasteiger partial charge in [-0.3, -0.25) is 9.69 Å². The quantitative estimate of drug-likeness (QED) is 0.366. The minimum atomic E-state index is -0.747. The summed E-state index contributed by atoms with van der Waals surface area (Å²) in [5.74, 6) is -0.288. The smallest absolute Gasteiger partial charge is 0.326 e. The normalized spacial score (nSPS) is 26.0. The lowest BCUT2D eigenvalue weighted by atomic mass is 9.97. The van der Waals surface area contributed by atoms with Gasteiger partial charge in [0.05, 0.1) is 13.2 Å². The van der Waals surface area contributed by atoms with Gasteiger partial charge >= 0.3 is 5.97 Å². The van der Waals surface area contributed by atoms with Gasteiger partial charge in [-0.25, -0.2) is 0 Å². The molecule has 1 aromatic rings. The van der Waals surface area contributed by atoms with Crippen LogP contribution in [0.15, 0.2) is 35.4 Å². The Morgan fingerprint density at radius 1 is 1.55 bits per heavy atom. The van der Waals surface area contributed by atoms with E-state index in [2.05, 4.69) is 10.0 Å². The molecule has 0 amide bonds. The Hall–Kier alpha value is -2.04. The van der Waals surface area contributed by atoms with Gasteiger partial charge in [0.2, 0.25) is 0 Å². The van der Waals surface area contributed by atoms with Crippen molar-refractivity contribution in [2.75, 3.05) is 13.7 Å². The largest absolute Gasteiger partial charge is 0.468 e. The van der Waals surface area contributed by atoms with Crippen molar-refractivity contribution in [2.45, 2.75) is 31.5 Å². The van der Waals surface area contributed by atoms with Gasteiger partial charge < -0.3 is 4.74 Å². The van der Waals surface area contributed by atoms with Crippen molar-refractivity contribution < 1.29 is 9.53 Å². The topological polar surface area (TPSA) is 78.3 Å². The molecule has 1 aromatic carbocycles. The maximum atomic E-state index is 12.1. The zero-order valence-corrected chi connectivity index (χ0v) is 11.7. The lowest BCUT2D eigenvalue weighted by Crippen LogP contribution is -2.48. The summed E-state index contributed by atoms with van der Waals surface area (Å²) in [5.41, 5.74) is 8.96. The Labute approximate surface area is 118 Å². The highest BCUT2D eigenvalue weighted by molar-refractivity contribution is 5.80. The number of likely N-dealkylation sites (tertiary alicyclic amines) is 1. The number of benzene rings is 1. The number of azide groups is 1. The predicted molar refractivity (Wildman–Crippen MR) is 74.8 cm³/mol. The van der Waals surface area contributed by atoms with Crippen LogP contribution in [-0.4, -0.2) is 36.1 Å². The predicted octanol–water partition coefficient (Wildman–Crippen LogP) is 2.50. The molecule has 0 spiro atoms. The van der Waals surface area contributed by atoms with Crippen molar-refractivity contribution in [3.8, 4) is 0 Å². The van der Waals surface area contributed by atoms with Crippen molar-refractivity contribution in [2.24, 2.45) is 5.11 Å². The molecule has 0 bridgehead atoms. The van der Waals surface area contributed by atoms with E-state index in [1.165, 1.54) is 7.11 Å². The Morgan fingerprint density at radius 3 is 2.85 bits per heavy atom. The molecule has 1 heterocycles. The first-order valence-electron chi connectivity index (χ1n) is 6.52. The monoisotopic (exact) mass is 274 g/mol. The van der Waals surface area contributed by atoms with Crippen LogP contribution in [0.2, 0.25) is 0 Å². The van der Waals surface area contributed by atoms with Gasteiger partial charge in [-0.15, -0.1) is 0 Å². The molecule has 0 aromatic heterocycles. The average molecular weight is 274 g/mol. The second-order valence-electron chi connectivity index (χ2n) is 5.19. The zero-order valence-electron chi connectivity index (χ0n) is 11.7. The van der Waals surface area contributed by atoms with Gasteiger partial charge in [0, 0.05) is 18.0 Å². The number of rotatable bonds is 4. The molecule has 0 N–H and O–H groups in total. The van der Waals surface area contributed by atoms with E-state index in [0.29, 0.717) is 19.5 Å². The Bertz CT molecular complexity index is 527. The summed E-state index contributed by atoms with van der Waals surface area (Å²) in [6.07, 6.45) is 0.483. The van der Waals surface area contributed by atoms with Crippen LogP contribution in [0.25, 0.3) is 10.4 Å². The van der Waals surface area contributed by atoms with E-state index in [0.717, 1.165) is 5.56 Å². The van der Waals surface area contributed by atoms with Crippen LogP contribution in [0.5, 0.6) is 0 Å². The molecular formula is C14H18N4O2. The summed E-state index contributed by atoms with van der Waals surface area (Å²) in [7, 11) is 1.38. The fraction of sp³-hybridized carbons (Fsp3) is 0.500. The van der Waals surface area contributed by atoms with E-state index in [9.17, 15) is 4.79 Å². The van der Waals surface area contributed by atoms with E-state index < -0.39 is 5.54 Å². The molecule has 1 saturated heterocycles. The lowest BCUT2D eigenvalue weighted by molar-refractivity contribution is -0.152. The van der Waals surface area contributed by atoms with E-state index in [4.69, 9.17) is 10.3 Å². The van der Waals surface area contributed by atoms with Crippen LogP contribution in [0.1, 0.15) is 18.9 Å². The van der Waals surface area contributed by atoms with E-state index in [-0.39, 0.29) is 12.0 Å². The maximum Gasteiger partial charge on any atom is 0.326 e. The third kappa shape index (κ3) is 2.76. The number of esters is 1. The summed E-state index contributed by atoms with van der Waals surface area (Å²) in [4.78, 5) is 17.0. The van der Waals surface area contributed by atoms with E-state index >= 15 is 0 Å². The Kier molecular flexibility index (Phi) is 4.27. The second kappa shape index (κ2) is 5.94. The molecule has 1 aliphatic rings. The second-order valence-corrected chi connectivity index (χ2v) is 5.19. The van der Waals surface area contributed by atoms with Gasteiger partial charge in [0.15, 0.2) is 0 Å². The molecule has 106 valence electrons. The summed E-state index contributed by atoms with van der Waals surface area (Å²) in [5, 5.41) is 3.76. The van der Waals surface area contributed by atoms with Crippen molar-refractivity contribution >= 4 is 5.97 Å². The minimum Gasteiger partial charge on any atom is -0.468 e. The van der Waals surface area contributed by atoms with Gasteiger partial charge in [-0.05, 0) is 24.4 Å². The fourth-order valence-corrected chi connectivity index (χ4v) is 2.73. The molecule has 6 nitrogen and oxygen atoms in total. The molecule has 2 atom stereocenters. The highest BCUT2D eigenvalue weighted by Crippen LogP contribution is 2.33. The van der Waals surface area contributed by atoms with E-state index in [1.807, 2.05) is 42.2 Å². The Balaban J connectivity index is 2.23. The van der Waals surface area contributed by atoms with Crippen molar-refractivity contribution in [3.63, 3.8) is 0 Å². The summed E-state index contributed by atoms with van der Waals surface area (Å²) in [6.45, 7) is 3.03. The molecular weight excluding hydrogens is 256 g/mol. The van der Waals surface area contributed by atoms with Crippen LogP contribution in [-0.2, 0) is 16.1 Å². The van der Waals surface area contributed by atoms with Gasteiger partial charge in [-0.2, -0.15) is 0 Å². The van der Waals surface area contributed by atoms with Crippen molar-refractivity contribution in [1.82, 2.24) is 4.90 Å². The average Bonchev–Trinajstić information content (AvgIpc) is 2.77. The number of hydrogen-bond donors (Lipinski definition) is 0. The van der Waals surface area contributed by atoms with Crippen LogP contribution in [0.3, 0.4) is 0 Å². The molecule has 1 unspecified atom stereocenters. The highest BCUT2D eigenvalue weighted by Gasteiger charge is 2.48. The van der Waals surface area contributed by atoms with Crippen LogP contribution >= 0.6 is 0 Å². The third-order valence-corrected chi connectivity index (χ3v) is 3.82. The van der Waals surface area contributed by atoms with Crippen LogP contribution in [0.4, 0.5) is 0 Å². The van der Waals surface area contributed by atoms with Gasteiger partial charge in [-0.1, -0.05) is 35.4 Å². The molecule has 2 rings (SSSR count). The first kappa shape index (κ1) is 14.4. The zero-order chi connectivity index (χ0) is 14.6. The number of ether oxygens (including phenoxy) is 1. The number of nitrogens with zero attached hydrogens (tertiary/aromatic N) is 4. The third-order valence-electron chi connectivity index (χ3n) is 3.82. The molecule has 0 radical (unpaired) electrons. The molecule has 0 aliphatic carbocycles. The SMILES string of the molecule is COC(=O)[C@@]1(C)CC(N=[N+]=[N-])CN1Cc1ccccc1. The van der Waals surface area contributed by atoms with Gasteiger partial charge in [0.25, 0.3) is 0 Å². The number of methoxy groups -OCH3 is 1.